The van der Waals surface area contributed by atoms with Crippen molar-refractivity contribution < 1.29 is 23.8 Å². The number of piperidine rings is 1. The van der Waals surface area contributed by atoms with E-state index in [2.05, 4.69) is 0 Å². The van der Waals surface area contributed by atoms with Crippen LogP contribution in [-0.4, -0.2) is 49.2 Å². The summed E-state index contributed by atoms with van der Waals surface area (Å²) in [5.74, 6) is 1.04. The number of nitrogens with zero attached hydrogens (tertiary/aromatic N) is 1. The summed E-state index contributed by atoms with van der Waals surface area (Å²) in [6.45, 7) is 1.47. The number of hydrogen-bond acceptors (Lipinski definition) is 5. The van der Waals surface area contributed by atoms with Crippen molar-refractivity contribution in [2.75, 3.05) is 26.4 Å². The minimum atomic E-state index is -0.554. The second kappa shape index (κ2) is 9.08. The fourth-order valence-electron chi connectivity index (χ4n) is 4.59. The highest BCUT2D eigenvalue weighted by Gasteiger charge is 2.35. The Hall–Kier alpha value is -2.21. The molecule has 0 aromatic heterocycles. The molecule has 0 N–H and O–H groups in total. The number of likely N-dealkylation sites (tertiary alicyclic amines) is 1. The molecule has 2 heterocycles. The molecule has 0 spiro atoms. The van der Waals surface area contributed by atoms with E-state index >= 15 is 0 Å². The lowest BCUT2D eigenvalue weighted by Crippen LogP contribution is -2.50. The SMILES string of the molecule is O=C(/C=C/c1cc(Cl)c2c(c1)OCCO2)OCC(=O)N1CCC[C@@H]2CCCC[C@@H]21. The molecule has 2 aliphatic heterocycles. The topological polar surface area (TPSA) is 65.1 Å². The normalized spacial score (nSPS) is 23.6. The van der Waals surface area contributed by atoms with Crippen LogP contribution in [0.4, 0.5) is 0 Å². The average molecular weight is 420 g/mol. The van der Waals surface area contributed by atoms with Gasteiger partial charge in [0.1, 0.15) is 13.2 Å². The fraction of sp³-hybridized carbons (Fsp3) is 0.545. The van der Waals surface area contributed by atoms with Crippen molar-refractivity contribution in [2.24, 2.45) is 5.92 Å². The van der Waals surface area contributed by atoms with E-state index < -0.39 is 5.97 Å². The monoisotopic (exact) mass is 419 g/mol. The number of halogens is 1. The third kappa shape index (κ3) is 4.69. The van der Waals surface area contributed by atoms with Gasteiger partial charge >= 0.3 is 5.97 Å². The van der Waals surface area contributed by atoms with Gasteiger partial charge < -0.3 is 19.1 Å². The predicted molar refractivity (Wildman–Crippen MR) is 109 cm³/mol. The third-order valence-corrected chi connectivity index (χ3v) is 6.21. The van der Waals surface area contributed by atoms with E-state index in [-0.39, 0.29) is 12.5 Å². The predicted octanol–water partition coefficient (Wildman–Crippen LogP) is 3.85. The first-order valence-corrected chi connectivity index (χ1v) is 10.7. The number of carbonyl (C=O) groups is 2. The van der Waals surface area contributed by atoms with Crippen molar-refractivity contribution >= 4 is 29.6 Å². The zero-order chi connectivity index (χ0) is 20.2. The summed E-state index contributed by atoms with van der Waals surface area (Å²) in [6, 6.07) is 3.77. The van der Waals surface area contributed by atoms with Gasteiger partial charge in [0.25, 0.3) is 5.91 Å². The maximum Gasteiger partial charge on any atom is 0.331 e. The largest absolute Gasteiger partial charge is 0.486 e. The first-order chi connectivity index (χ1) is 14.1. The van der Waals surface area contributed by atoms with Crippen LogP contribution in [0.25, 0.3) is 6.08 Å². The molecule has 2 fully saturated rings. The van der Waals surface area contributed by atoms with E-state index in [1.54, 1.807) is 18.2 Å². The molecule has 3 aliphatic rings. The molecule has 1 amide bonds. The van der Waals surface area contributed by atoms with Crippen molar-refractivity contribution in [3.8, 4) is 11.5 Å². The van der Waals surface area contributed by atoms with Gasteiger partial charge in [-0.3, -0.25) is 4.79 Å². The Bertz CT molecular complexity index is 807. The minimum absolute atomic E-state index is 0.0919. The van der Waals surface area contributed by atoms with E-state index in [1.807, 2.05) is 4.90 Å². The Labute approximate surface area is 175 Å². The summed E-state index contributed by atoms with van der Waals surface area (Å²) in [4.78, 5) is 26.6. The molecule has 6 nitrogen and oxygen atoms in total. The van der Waals surface area contributed by atoms with E-state index in [0.717, 1.165) is 19.4 Å². The van der Waals surface area contributed by atoms with Crippen molar-refractivity contribution in [1.29, 1.82) is 0 Å². The molecule has 0 unspecified atom stereocenters. The number of ether oxygens (including phenoxy) is 3. The van der Waals surface area contributed by atoms with E-state index in [0.29, 0.717) is 47.3 Å². The number of esters is 1. The number of benzene rings is 1. The molecule has 1 aromatic carbocycles. The van der Waals surface area contributed by atoms with Crippen LogP contribution in [-0.2, 0) is 14.3 Å². The number of amides is 1. The van der Waals surface area contributed by atoms with Gasteiger partial charge in [-0.15, -0.1) is 0 Å². The lowest BCUT2D eigenvalue weighted by molar-refractivity contribution is -0.151. The standard InChI is InChI=1S/C22H26ClNO5/c23-17-12-15(13-19-22(17)28-11-10-27-19)7-8-21(26)29-14-20(25)24-9-3-5-16-4-1-2-6-18(16)24/h7-8,12-13,16,18H,1-6,9-11,14H2/b8-7+/t16-,18-/m0/s1. The smallest absolute Gasteiger partial charge is 0.331 e. The quantitative estimate of drug-likeness (QED) is 0.548. The summed E-state index contributed by atoms with van der Waals surface area (Å²) < 4.78 is 16.2. The zero-order valence-corrected chi connectivity index (χ0v) is 17.2. The maximum absolute atomic E-state index is 12.6. The highest BCUT2D eigenvalue weighted by atomic mass is 35.5. The van der Waals surface area contributed by atoms with Gasteiger partial charge in [0.05, 0.1) is 5.02 Å². The molecule has 7 heteroatoms. The van der Waals surface area contributed by atoms with Crippen LogP contribution >= 0.6 is 11.6 Å². The molecule has 1 saturated heterocycles. The molecular formula is C22H26ClNO5. The fourth-order valence-corrected chi connectivity index (χ4v) is 4.86. The molecule has 2 atom stereocenters. The van der Waals surface area contributed by atoms with Crippen molar-refractivity contribution in [2.45, 2.75) is 44.6 Å². The molecular weight excluding hydrogens is 394 g/mol. The third-order valence-electron chi connectivity index (χ3n) is 5.93. The van der Waals surface area contributed by atoms with Gasteiger partial charge in [-0.25, -0.2) is 4.79 Å². The molecule has 4 rings (SSSR count). The lowest BCUT2D eigenvalue weighted by Gasteiger charge is -2.44. The van der Waals surface area contributed by atoms with Crippen LogP contribution in [0.1, 0.15) is 44.1 Å². The van der Waals surface area contributed by atoms with Crippen molar-refractivity contribution in [1.82, 2.24) is 4.90 Å². The number of hydrogen-bond donors (Lipinski definition) is 0. The minimum Gasteiger partial charge on any atom is -0.486 e. The summed E-state index contributed by atoms with van der Waals surface area (Å²) in [7, 11) is 0. The Morgan fingerprint density at radius 3 is 2.83 bits per heavy atom. The van der Waals surface area contributed by atoms with Gasteiger partial charge in [-0.1, -0.05) is 24.4 Å². The summed E-state index contributed by atoms with van der Waals surface area (Å²) in [6.07, 6.45) is 9.83. The van der Waals surface area contributed by atoms with Crippen LogP contribution in [0, 0.1) is 5.92 Å². The summed E-state index contributed by atoms with van der Waals surface area (Å²) in [5, 5.41) is 0.428. The van der Waals surface area contributed by atoms with Crippen LogP contribution in [0.2, 0.25) is 5.02 Å². The first kappa shape index (κ1) is 20.1. The second-order valence-corrected chi connectivity index (χ2v) is 8.22. The number of carbonyl (C=O) groups excluding carboxylic acids is 2. The highest BCUT2D eigenvalue weighted by molar-refractivity contribution is 6.32. The Morgan fingerprint density at radius 2 is 1.93 bits per heavy atom. The molecule has 0 radical (unpaired) electrons. The van der Waals surface area contributed by atoms with E-state index in [1.165, 1.54) is 31.8 Å². The zero-order valence-electron chi connectivity index (χ0n) is 16.4. The first-order valence-electron chi connectivity index (χ1n) is 10.4. The molecule has 29 heavy (non-hydrogen) atoms. The van der Waals surface area contributed by atoms with Gasteiger partial charge in [-0.2, -0.15) is 0 Å². The van der Waals surface area contributed by atoms with Crippen molar-refractivity contribution in [3.63, 3.8) is 0 Å². The summed E-state index contributed by atoms with van der Waals surface area (Å²) in [5.41, 5.74) is 0.698. The Kier molecular flexibility index (Phi) is 6.28. The Balaban J connectivity index is 1.32. The van der Waals surface area contributed by atoms with Gasteiger partial charge in [0.15, 0.2) is 18.1 Å². The Morgan fingerprint density at radius 1 is 1.14 bits per heavy atom. The van der Waals surface area contributed by atoms with E-state index in [4.69, 9.17) is 25.8 Å². The maximum atomic E-state index is 12.6. The molecule has 156 valence electrons. The molecule has 1 aromatic rings. The molecule has 0 bridgehead atoms. The number of rotatable bonds is 4. The van der Waals surface area contributed by atoms with Crippen LogP contribution in [0.5, 0.6) is 11.5 Å². The summed E-state index contributed by atoms with van der Waals surface area (Å²) >= 11 is 6.20. The van der Waals surface area contributed by atoms with Gasteiger partial charge in [0, 0.05) is 18.7 Å². The van der Waals surface area contributed by atoms with Crippen LogP contribution in [0.15, 0.2) is 18.2 Å². The van der Waals surface area contributed by atoms with Crippen LogP contribution < -0.4 is 9.47 Å². The highest BCUT2D eigenvalue weighted by Crippen LogP contribution is 2.38. The number of fused-ring (bicyclic) bond motifs is 2. The molecule has 1 saturated carbocycles. The van der Waals surface area contributed by atoms with Gasteiger partial charge in [0.2, 0.25) is 0 Å². The lowest BCUT2D eigenvalue weighted by atomic mass is 9.78. The average Bonchev–Trinajstić information content (AvgIpc) is 2.75. The van der Waals surface area contributed by atoms with E-state index in [9.17, 15) is 9.59 Å². The second-order valence-electron chi connectivity index (χ2n) is 7.81. The van der Waals surface area contributed by atoms with Crippen LogP contribution in [0.3, 0.4) is 0 Å². The van der Waals surface area contributed by atoms with Crippen molar-refractivity contribution in [3.05, 3.63) is 28.8 Å². The molecule has 1 aliphatic carbocycles. The van der Waals surface area contributed by atoms with Gasteiger partial charge in [-0.05, 0) is 55.4 Å².